The molecule has 0 spiro atoms. The smallest absolute Gasteiger partial charge is 0.346 e. The zero-order chi connectivity index (χ0) is 26.2. The fourth-order valence-corrected chi connectivity index (χ4v) is 7.26. The minimum Gasteiger partial charge on any atom is -0.465 e. The van der Waals surface area contributed by atoms with Crippen LogP contribution in [0.1, 0.15) is 30.5 Å². The Morgan fingerprint density at radius 1 is 0.944 bits per heavy atom. The molecule has 6 nitrogen and oxygen atoms in total. The number of aryl methyl sites for hydroxylation is 1. The Bertz CT molecular complexity index is 1310. The van der Waals surface area contributed by atoms with Gasteiger partial charge in [0.1, 0.15) is 9.81 Å². The lowest BCUT2D eigenvalue weighted by molar-refractivity contribution is -0.138. The van der Waals surface area contributed by atoms with Crippen LogP contribution in [0.2, 0.25) is 0 Å². The van der Waals surface area contributed by atoms with E-state index < -0.39 is 17.5 Å². The number of amides is 1. The first-order chi connectivity index (χ1) is 17.1. The van der Waals surface area contributed by atoms with Crippen molar-refractivity contribution >= 4 is 69.7 Å². The summed E-state index contributed by atoms with van der Waals surface area (Å²) in [5, 5.41) is 0. The minimum absolute atomic E-state index is 0.0696. The molecule has 0 bridgehead atoms. The van der Waals surface area contributed by atoms with Crippen LogP contribution in [0.4, 0.5) is 5.69 Å². The van der Waals surface area contributed by atoms with Crippen LogP contribution in [0.5, 0.6) is 0 Å². The van der Waals surface area contributed by atoms with E-state index in [1.165, 1.54) is 14.2 Å². The number of methoxy groups -OCH3 is 2. The van der Waals surface area contributed by atoms with Crippen molar-refractivity contribution in [2.45, 2.75) is 32.7 Å². The Kier molecular flexibility index (Phi) is 7.45. The zero-order valence-corrected chi connectivity index (χ0v) is 23.0. The van der Waals surface area contributed by atoms with Crippen molar-refractivity contribution in [1.29, 1.82) is 0 Å². The van der Waals surface area contributed by atoms with Crippen molar-refractivity contribution in [1.82, 2.24) is 0 Å². The highest BCUT2D eigenvalue weighted by Gasteiger charge is 2.46. The van der Waals surface area contributed by atoms with E-state index >= 15 is 0 Å². The highest BCUT2D eigenvalue weighted by Crippen LogP contribution is 2.56. The Hall–Kier alpha value is -2.88. The summed E-state index contributed by atoms with van der Waals surface area (Å²) in [4.78, 5) is 41.3. The number of thioether (sulfide) groups is 2. The van der Waals surface area contributed by atoms with E-state index in [-0.39, 0.29) is 22.1 Å². The first-order valence-corrected chi connectivity index (χ1v) is 13.2. The standard InChI is InChI=1S/C27H25NO5S3/c1-15-11-12-17-18(13-15)28(19(29)14-16-9-7-6-8-10-16)27(2,3)23(34)20(17)26-35-21(24(30)32-4)22(36-26)25(31)33-5/h6-13H,14H2,1-5H3. The van der Waals surface area contributed by atoms with Gasteiger partial charge in [-0.15, -0.1) is 0 Å². The average molecular weight is 540 g/mol. The maximum Gasteiger partial charge on any atom is 0.346 e. The van der Waals surface area contributed by atoms with Crippen LogP contribution in [0.25, 0.3) is 5.57 Å². The monoisotopic (exact) mass is 539 g/mol. The molecule has 2 heterocycles. The van der Waals surface area contributed by atoms with E-state index in [4.69, 9.17) is 21.7 Å². The van der Waals surface area contributed by atoms with E-state index in [0.29, 0.717) is 9.10 Å². The molecule has 0 atom stereocenters. The summed E-state index contributed by atoms with van der Waals surface area (Å²) in [7, 11) is 2.53. The molecule has 4 rings (SSSR count). The normalized spacial score (nSPS) is 16.7. The number of benzene rings is 2. The van der Waals surface area contributed by atoms with Gasteiger partial charge in [0.15, 0.2) is 0 Å². The second-order valence-electron chi connectivity index (χ2n) is 8.81. The Morgan fingerprint density at radius 2 is 1.53 bits per heavy atom. The summed E-state index contributed by atoms with van der Waals surface area (Å²) < 4.78 is 10.5. The van der Waals surface area contributed by atoms with Crippen molar-refractivity contribution in [3.63, 3.8) is 0 Å². The first kappa shape index (κ1) is 26.2. The molecule has 0 radical (unpaired) electrons. The number of hydrogen-bond donors (Lipinski definition) is 0. The van der Waals surface area contributed by atoms with Gasteiger partial charge in [0.2, 0.25) is 5.91 Å². The molecule has 2 aromatic carbocycles. The largest absolute Gasteiger partial charge is 0.465 e. The molecule has 0 N–H and O–H groups in total. The molecule has 0 aromatic heterocycles. The number of hydrogen-bond acceptors (Lipinski definition) is 8. The van der Waals surface area contributed by atoms with Crippen LogP contribution >= 0.6 is 35.7 Å². The van der Waals surface area contributed by atoms with Crippen LogP contribution in [0.15, 0.2) is 62.6 Å². The number of carbonyl (C=O) groups is 3. The number of anilines is 1. The Labute approximate surface area is 224 Å². The van der Waals surface area contributed by atoms with Gasteiger partial charge >= 0.3 is 11.9 Å². The van der Waals surface area contributed by atoms with Crippen LogP contribution in [0, 0.1) is 6.92 Å². The van der Waals surface area contributed by atoms with Gasteiger partial charge in [0, 0.05) is 11.1 Å². The Balaban J connectivity index is 1.86. The predicted molar refractivity (Wildman–Crippen MR) is 149 cm³/mol. The van der Waals surface area contributed by atoms with Gasteiger partial charge in [-0.05, 0) is 38.0 Å². The third-order valence-corrected chi connectivity index (χ3v) is 9.26. The number of esters is 2. The molecule has 36 heavy (non-hydrogen) atoms. The first-order valence-electron chi connectivity index (χ1n) is 11.1. The molecule has 0 saturated heterocycles. The second-order valence-corrected chi connectivity index (χ2v) is 11.5. The van der Waals surface area contributed by atoms with Crippen LogP contribution in [-0.2, 0) is 30.3 Å². The van der Waals surface area contributed by atoms with E-state index in [9.17, 15) is 14.4 Å². The SMILES string of the molecule is COC(=O)C1=C(C(=O)OC)SC(=C2C(=S)C(C)(C)N(C(=O)Cc3ccccc3)c3cc(C)ccc32)S1. The number of ether oxygens (including phenoxy) is 2. The topological polar surface area (TPSA) is 72.9 Å². The van der Waals surface area contributed by atoms with Crippen molar-refractivity contribution in [3.05, 3.63) is 79.3 Å². The molecule has 0 saturated carbocycles. The average Bonchev–Trinajstić information content (AvgIpc) is 3.29. The predicted octanol–water partition coefficient (Wildman–Crippen LogP) is 5.44. The van der Waals surface area contributed by atoms with E-state index in [1.54, 1.807) is 4.90 Å². The van der Waals surface area contributed by atoms with Gasteiger partial charge in [-0.2, -0.15) is 0 Å². The molecule has 2 aliphatic rings. The Morgan fingerprint density at radius 3 is 2.08 bits per heavy atom. The van der Waals surface area contributed by atoms with Crippen molar-refractivity contribution in [3.8, 4) is 0 Å². The summed E-state index contributed by atoms with van der Waals surface area (Å²) in [6.07, 6.45) is 0.232. The van der Waals surface area contributed by atoms with Gasteiger partial charge in [-0.1, -0.05) is 78.2 Å². The molecule has 2 aliphatic heterocycles. The van der Waals surface area contributed by atoms with Gasteiger partial charge in [-0.3, -0.25) is 4.79 Å². The molecule has 2 aromatic rings. The fourth-order valence-electron chi connectivity index (χ4n) is 4.22. The van der Waals surface area contributed by atoms with E-state index in [1.807, 2.05) is 69.3 Å². The van der Waals surface area contributed by atoms with Gasteiger partial charge in [-0.25, -0.2) is 9.59 Å². The molecule has 0 aliphatic carbocycles. The quantitative estimate of drug-likeness (QED) is 0.289. The summed E-state index contributed by atoms with van der Waals surface area (Å²) >= 11 is 8.29. The molecule has 0 fully saturated rings. The second kappa shape index (κ2) is 10.2. The lowest BCUT2D eigenvalue weighted by atomic mass is 9.82. The van der Waals surface area contributed by atoms with Crippen molar-refractivity contribution < 1.29 is 23.9 Å². The summed E-state index contributed by atoms with van der Waals surface area (Å²) in [5.41, 5.74) is 3.31. The van der Waals surface area contributed by atoms with Crippen LogP contribution < -0.4 is 4.90 Å². The number of nitrogens with zero attached hydrogens (tertiary/aromatic N) is 1. The molecule has 0 unspecified atom stereocenters. The fraction of sp³-hybridized carbons (Fsp3) is 0.259. The third kappa shape index (κ3) is 4.63. The van der Waals surface area contributed by atoms with Gasteiger partial charge in [0.05, 0.1) is 41.0 Å². The maximum absolute atomic E-state index is 13.7. The van der Waals surface area contributed by atoms with E-state index in [2.05, 4.69) is 0 Å². The number of rotatable bonds is 4. The molecular formula is C27H25NO5S3. The minimum atomic E-state index is -0.842. The summed E-state index contributed by atoms with van der Waals surface area (Å²) in [5.74, 6) is -1.30. The third-order valence-electron chi connectivity index (χ3n) is 5.99. The number of thiocarbonyl (C=S) groups is 1. The summed E-state index contributed by atoms with van der Waals surface area (Å²) in [6.45, 7) is 5.81. The number of fused-ring (bicyclic) bond motifs is 1. The molecule has 9 heteroatoms. The van der Waals surface area contributed by atoms with Crippen molar-refractivity contribution in [2.24, 2.45) is 0 Å². The summed E-state index contributed by atoms with van der Waals surface area (Å²) in [6, 6.07) is 15.5. The lowest BCUT2D eigenvalue weighted by Gasteiger charge is -2.45. The highest BCUT2D eigenvalue weighted by atomic mass is 32.2. The van der Waals surface area contributed by atoms with E-state index in [0.717, 1.165) is 51.5 Å². The zero-order valence-electron chi connectivity index (χ0n) is 20.5. The molecular weight excluding hydrogens is 515 g/mol. The highest BCUT2D eigenvalue weighted by molar-refractivity contribution is 8.29. The van der Waals surface area contributed by atoms with Crippen LogP contribution in [0.3, 0.4) is 0 Å². The van der Waals surface area contributed by atoms with Crippen molar-refractivity contribution in [2.75, 3.05) is 19.1 Å². The van der Waals surface area contributed by atoms with Crippen LogP contribution in [-0.4, -0.2) is 42.5 Å². The molecule has 186 valence electrons. The van der Waals surface area contributed by atoms with Gasteiger partial charge < -0.3 is 14.4 Å². The van der Waals surface area contributed by atoms with Gasteiger partial charge in [0.25, 0.3) is 0 Å². The number of carbonyl (C=O) groups excluding carboxylic acids is 3. The molecule has 1 amide bonds. The lowest BCUT2D eigenvalue weighted by Crippen LogP contribution is -2.56. The maximum atomic E-state index is 13.7.